The molecule has 3 nitrogen and oxygen atoms in total. The zero-order valence-corrected chi connectivity index (χ0v) is 13.4. The minimum atomic E-state index is -0.235. The Bertz CT molecular complexity index is 508. The number of rotatable bonds is 2. The second-order valence-electron chi connectivity index (χ2n) is 5.38. The molecule has 1 saturated heterocycles. The Hall–Kier alpha value is -0.780. The zero-order valence-electron chi connectivity index (χ0n) is 11.7. The van der Waals surface area contributed by atoms with Crippen LogP contribution in [-0.2, 0) is 4.79 Å². The van der Waals surface area contributed by atoms with Crippen LogP contribution in [0, 0.1) is 5.82 Å². The van der Waals surface area contributed by atoms with Crippen molar-refractivity contribution >= 4 is 30.1 Å². The van der Waals surface area contributed by atoms with Crippen molar-refractivity contribution in [3.8, 4) is 0 Å². The smallest absolute Gasteiger partial charge is 0.237 e. The molecule has 1 fully saturated rings. The lowest BCUT2D eigenvalue weighted by molar-refractivity contribution is -0.124. The number of fused-ring (bicyclic) bond motifs is 1. The maximum absolute atomic E-state index is 13.4. The van der Waals surface area contributed by atoms with Gasteiger partial charge >= 0.3 is 0 Å². The third-order valence-electron chi connectivity index (χ3n) is 3.95. The summed E-state index contributed by atoms with van der Waals surface area (Å²) in [5.41, 5.74) is 0.922. The van der Waals surface area contributed by atoms with E-state index in [-0.39, 0.29) is 36.2 Å². The van der Waals surface area contributed by atoms with Gasteiger partial charge < -0.3 is 10.6 Å². The molecule has 0 saturated carbocycles. The van der Waals surface area contributed by atoms with Gasteiger partial charge in [0, 0.05) is 10.6 Å². The van der Waals surface area contributed by atoms with Crippen molar-refractivity contribution < 1.29 is 9.18 Å². The van der Waals surface area contributed by atoms with Crippen LogP contribution in [0.5, 0.6) is 0 Å². The fraction of sp³-hybridized carbons (Fsp3) is 0.533. The minimum absolute atomic E-state index is 0. The number of benzene rings is 1. The van der Waals surface area contributed by atoms with E-state index in [0.29, 0.717) is 0 Å². The van der Waals surface area contributed by atoms with E-state index < -0.39 is 0 Å². The lowest BCUT2D eigenvalue weighted by atomic mass is 10.0. The molecular formula is C15H20ClFN2OS. The standard InChI is InChI=1S/C15H19FN2OS.ClH/c16-10-4-5-14-11(9-10)12(6-8-20-14)18-15(19)13-3-1-2-7-17-13;/h4-5,9,12-13,17H,1-3,6-8H2,(H,18,19);1H/t12?,13-;/m0./s1. The summed E-state index contributed by atoms with van der Waals surface area (Å²) in [5.74, 6) is 0.778. The van der Waals surface area contributed by atoms with Gasteiger partial charge in [-0.1, -0.05) is 6.42 Å². The number of halogens is 2. The molecule has 2 atom stereocenters. The molecule has 116 valence electrons. The molecular weight excluding hydrogens is 311 g/mol. The molecule has 1 unspecified atom stereocenters. The first kappa shape index (κ1) is 16.6. The number of thioether (sulfide) groups is 1. The van der Waals surface area contributed by atoms with Crippen LogP contribution in [0.2, 0.25) is 0 Å². The lowest BCUT2D eigenvalue weighted by Gasteiger charge is -2.29. The number of hydrogen-bond acceptors (Lipinski definition) is 3. The Morgan fingerprint density at radius 1 is 1.33 bits per heavy atom. The molecule has 0 bridgehead atoms. The van der Waals surface area contributed by atoms with E-state index in [1.54, 1.807) is 17.8 Å². The van der Waals surface area contributed by atoms with E-state index in [2.05, 4.69) is 10.6 Å². The second kappa shape index (κ2) is 7.47. The van der Waals surface area contributed by atoms with Gasteiger partial charge in [0.05, 0.1) is 12.1 Å². The molecule has 0 radical (unpaired) electrons. The summed E-state index contributed by atoms with van der Waals surface area (Å²) in [4.78, 5) is 13.4. The monoisotopic (exact) mass is 330 g/mol. The molecule has 2 aliphatic rings. The van der Waals surface area contributed by atoms with Gasteiger partial charge in [0.25, 0.3) is 0 Å². The number of nitrogens with one attached hydrogen (secondary N) is 2. The maximum Gasteiger partial charge on any atom is 0.237 e. The molecule has 0 aliphatic carbocycles. The Kier molecular flexibility index (Phi) is 5.90. The third-order valence-corrected chi connectivity index (χ3v) is 5.08. The predicted octanol–water partition coefficient (Wildman–Crippen LogP) is 3.04. The second-order valence-corrected chi connectivity index (χ2v) is 6.52. The predicted molar refractivity (Wildman–Crippen MR) is 85.5 cm³/mol. The number of hydrogen-bond donors (Lipinski definition) is 2. The highest BCUT2D eigenvalue weighted by Gasteiger charge is 2.27. The molecule has 2 N–H and O–H groups in total. The summed E-state index contributed by atoms with van der Waals surface area (Å²) in [7, 11) is 0. The molecule has 1 aromatic carbocycles. The summed E-state index contributed by atoms with van der Waals surface area (Å²) >= 11 is 1.73. The highest BCUT2D eigenvalue weighted by molar-refractivity contribution is 7.99. The van der Waals surface area contributed by atoms with Gasteiger partial charge in [-0.2, -0.15) is 0 Å². The Morgan fingerprint density at radius 3 is 2.95 bits per heavy atom. The molecule has 1 aromatic rings. The van der Waals surface area contributed by atoms with Crippen molar-refractivity contribution in [1.82, 2.24) is 10.6 Å². The van der Waals surface area contributed by atoms with Crippen molar-refractivity contribution in [2.45, 2.75) is 42.7 Å². The normalized spacial score (nSPS) is 24.6. The molecule has 0 spiro atoms. The van der Waals surface area contributed by atoms with E-state index >= 15 is 0 Å². The van der Waals surface area contributed by atoms with Gasteiger partial charge in [0.2, 0.25) is 5.91 Å². The van der Waals surface area contributed by atoms with Gasteiger partial charge in [-0.25, -0.2) is 4.39 Å². The van der Waals surface area contributed by atoms with Gasteiger partial charge in [-0.3, -0.25) is 4.79 Å². The molecule has 0 aromatic heterocycles. The van der Waals surface area contributed by atoms with E-state index in [4.69, 9.17) is 0 Å². The molecule has 3 rings (SSSR count). The van der Waals surface area contributed by atoms with Crippen LogP contribution in [0.25, 0.3) is 0 Å². The third kappa shape index (κ3) is 3.90. The van der Waals surface area contributed by atoms with Crippen LogP contribution in [0.1, 0.15) is 37.3 Å². The number of carbonyl (C=O) groups is 1. The van der Waals surface area contributed by atoms with Crippen molar-refractivity contribution in [2.24, 2.45) is 0 Å². The quantitative estimate of drug-likeness (QED) is 0.875. The van der Waals surface area contributed by atoms with Crippen LogP contribution < -0.4 is 10.6 Å². The Labute approximate surface area is 134 Å². The molecule has 1 amide bonds. The first-order valence-electron chi connectivity index (χ1n) is 7.20. The lowest BCUT2D eigenvalue weighted by Crippen LogP contribution is -2.47. The Balaban J connectivity index is 0.00000161. The SMILES string of the molecule is Cl.O=C(NC1CCSc2ccc(F)cc21)[C@@H]1CCCCN1. The van der Waals surface area contributed by atoms with E-state index in [9.17, 15) is 9.18 Å². The summed E-state index contributed by atoms with van der Waals surface area (Å²) < 4.78 is 13.4. The highest BCUT2D eigenvalue weighted by Crippen LogP contribution is 2.36. The average molecular weight is 331 g/mol. The summed E-state index contributed by atoms with van der Waals surface area (Å²) in [6, 6.07) is 4.71. The summed E-state index contributed by atoms with van der Waals surface area (Å²) in [6.07, 6.45) is 3.98. The fourth-order valence-corrected chi connectivity index (χ4v) is 3.97. The molecule has 2 aliphatic heterocycles. The van der Waals surface area contributed by atoms with Crippen LogP contribution >= 0.6 is 24.2 Å². The topological polar surface area (TPSA) is 41.1 Å². The average Bonchev–Trinajstić information content (AvgIpc) is 2.49. The Morgan fingerprint density at radius 2 is 2.19 bits per heavy atom. The maximum atomic E-state index is 13.4. The number of amides is 1. The van der Waals surface area contributed by atoms with E-state index in [1.807, 2.05) is 6.07 Å². The van der Waals surface area contributed by atoms with E-state index in [1.165, 1.54) is 6.07 Å². The fourth-order valence-electron chi connectivity index (χ4n) is 2.86. The molecule has 6 heteroatoms. The zero-order chi connectivity index (χ0) is 13.9. The largest absolute Gasteiger partial charge is 0.348 e. The first-order valence-corrected chi connectivity index (χ1v) is 8.18. The van der Waals surface area contributed by atoms with E-state index in [0.717, 1.165) is 48.4 Å². The first-order chi connectivity index (χ1) is 9.74. The van der Waals surface area contributed by atoms with Crippen LogP contribution in [0.15, 0.2) is 23.1 Å². The van der Waals surface area contributed by atoms with Crippen molar-refractivity contribution in [1.29, 1.82) is 0 Å². The highest BCUT2D eigenvalue weighted by atomic mass is 35.5. The summed E-state index contributed by atoms with van der Waals surface area (Å²) in [6.45, 7) is 0.907. The van der Waals surface area contributed by atoms with Crippen LogP contribution in [-0.4, -0.2) is 24.2 Å². The van der Waals surface area contributed by atoms with Gasteiger partial charge in [-0.15, -0.1) is 24.2 Å². The van der Waals surface area contributed by atoms with Crippen LogP contribution in [0.3, 0.4) is 0 Å². The number of carbonyl (C=O) groups excluding carboxylic acids is 1. The molecule has 21 heavy (non-hydrogen) atoms. The number of piperidine rings is 1. The van der Waals surface area contributed by atoms with Crippen molar-refractivity contribution in [3.63, 3.8) is 0 Å². The van der Waals surface area contributed by atoms with Gasteiger partial charge in [0.1, 0.15) is 5.82 Å². The van der Waals surface area contributed by atoms with Gasteiger partial charge in [-0.05, 0) is 49.6 Å². The van der Waals surface area contributed by atoms with Crippen molar-refractivity contribution in [2.75, 3.05) is 12.3 Å². The van der Waals surface area contributed by atoms with Crippen molar-refractivity contribution in [3.05, 3.63) is 29.6 Å². The molecule has 2 heterocycles. The van der Waals surface area contributed by atoms with Crippen LogP contribution in [0.4, 0.5) is 4.39 Å². The summed E-state index contributed by atoms with van der Waals surface area (Å²) in [5, 5.41) is 6.34. The minimum Gasteiger partial charge on any atom is -0.348 e. The van der Waals surface area contributed by atoms with Gasteiger partial charge in [0.15, 0.2) is 0 Å².